The van der Waals surface area contributed by atoms with Gasteiger partial charge in [-0.2, -0.15) is 5.10 Å². The van der Waals surface area contributed by atoms with E-state index in [9.17, 15) is 4.79 Å². The molecule has 1 fully saturated rings. The molecule has 5 heteroatoms. The van der Waals surface area contributed by atoms with Gasteiger partial charge in [0.2, 0.25) is 5.91 Å². The lowest BCUT2D eigenvalue weighted by atomic mass is 9.92. The van der Waals surface area contributed by atoms with Gasteiger partial charge in [-0.15, -0.1) is 5.10 Å². The zero-order valence-corrected chi connectivity index (χ0v) is 13.8. The second-order valence-corrected chi connectivity index (χ2v) is 7.23. The predicted molar refractivity (Wildman–Crippen MR) is 89.8 cm³/mol. The fraction of sp³-hybridized carbons (Fsp3) is 0.471. The van der Waals surface area contributed by atoms with Crippen LogP contribution in [0.3, 0.4) is 0 Å². The van der Waals surface area contributed by atoms with Crippen molar-refractivity contribution < 1.29 is 4.79 Å². The van der Waals surface area contributed by atoms with Crippen LogP contribution in [0.25, 0.3) is 10.8 Å². The molecule has 1 aliphatic rings. The highest BCUT2D eigenvalue weighted by Crippen LogP contribution is 2.26. The number of benzene rings is 1. The summed E-state index contributed by atoms with van der Waals surface area (Å²) in [4.78, 5) is 14.5. The summed E-state index contributed by atoms with van der Waals surface area (Å²) < 4.78 is 0. The Kier molecular flexibility index (Phi) is 4.62. The Bertz CT molecular complexity index is 661. The molecule has 0 radical (unpaired) electrons. The van der Waals surface area contributed by atoms with Gasteiger partial charge in [0, 0.05) is 23.9 Å². The van der Waals surface area contributed by atoms with Crippen LogP contribution in [0, 0.1) is 11.8 Å². The van der Waals surface area contributed by atoms with E-state index in [-0.39, 0.29) is 5.91 Å². The van der Waals surface area contributed by atoms with Crippen molar-refractivity contribution in [1.29, 1.82) is 0 Å². The van der Waals surface area contributed by atoms with Crippen LogP contribution in [-0.2, 0) is 4.79 Å². The molecule has 1 aromatic carbocycles. The van der Waals surface area contributed by atoms with Crippen molar-refractivity contribution in [2.24, 2.45) is 11.8 Å². The molecular weight excluding hydrogens is 294 g/mol. The summed E-state index contributed by atoms with van der Waals surface area (Å²) >= 11 is 1.49. The molecule has 0 saturated carbocycles. The number of carbonyl (C=O) groups excluding carboxylic acids is 1. The van der Waals surface area contributed by atoms with Gasteiger partial charge in [0.15, 0.2) is 0 Å². The summed E-state index contributed by atoms with van der Waals surface area (Å²) in [6, 6.07) is 8.02. The third-order valence-electron chi connectivity index (χ3n) is 4.09. The van der Waals surface area contributed by atoms with Crippen LogP contribution in [0.4, 0.5) is 0 Å². The van der Waals surface area contributed by atoms with E-state index in [2.05, 4.69) is 24.0 Å². The van der Waals surface area contributed by atoms with Crippen molar-refractivity contribution in [3.05, 3.63) is 30.5 Å². The summed E-state index contributed by atoms with van der Waals surface area (Å²) in [7, 11) is 0. The molecule has 0 bridgehead atoms. The number of aromatic nitrogens is 2. The molecule has 1 amide bonds. The Morgan fingerprint density at radius 3 is 2.77 bits per heavy atom. The summed E-state index contributed by atoms with van der Waals surface area (Å²) in [5.74, 6) is 1.82. The van der Waals surface area contributed by atoms with Crippen LogP contribution >= 0.6 is 11.8 Å². The maximum atomic E-state index is 12.5. The van der Waals surface area contributed by atoms with Crippen molar-refractivity contribution >= 4 is 28.4 Å². The van der Waals surface area contributed by atoms with Gasteiger partial charge in [-0.25, -0.2) is 0 Å². The van der Waals surface area contributed by atoms with Gasteiger partial charge in [0.25, 0.3) is 0 Å². The molecule has 3 rings (SSSR count). The minimum absolute atomic E-state index is 0.207. The Labute approximate surface area is 135 Å². The molecule has 2 heterocycles. The molecule has 1 aromatic heterocycles. The number of fused-ring (bicyclic) bond motifs is 1. The Hall–Kier alpha value is -1.62. The van der Waals surface area contributed by atoms with Crippen molar-refractivity contribution in [2.75, 3.05) is 18.8 Å². The van der Waals surface area contributed by atoms with Crippen molar-refractivity contribution in [1.82, 2.24) is 15.1 Å². The molecule has 1 saturated heterocycles. The number of nitrogens with zero attached hydrogens (tertiary/aromatic N) is 3. The number of thioether (sulfide) groups is 1. The molecule has 2 aromatic rings. The van der Waals surface area contributed by atoms with Crippen LogP contribution in [0.1, 0.15) is 20.3 Å². The quantitative estimate of drug-likeness (QED) is 0.816. The first-order valence-corrected chi connectivity index (χ1v) is 8.73. The highest BCUT2D eigenvalue weighted by atomic mass is 32.2. The first-order chi connectivity index (χ1) is 10.6. The highest BCUT2D eigenvalue weighted by Gasteiger charge is 2.25. The summed E-state index contributed by atoms with van der Waals surface area (Å²) in [6.45, 7) is 6.20. The maximum Gasteiger partial charge on any atom is 0.233 e. The lowest BCUT2D eigenvalue weighted by Crippen LogP contribution is -2.43. The molecule has 2 unspecified atom stereocenters. The lowest BCUT2D eigenvalue weighted by molar-refractivity contribution is -0.130. The van der Waals surface area contributed by atoms with Crippen LogP contribution in [0.5, 0.6) is 0 Å². The topological polar surface area (TPSA) is 46.1 Å². The standard InChI is InChI=1S/C17H21N3OS/c1-12-7-13(2)10-20(9-12)16(21)11-22-17-15-6-4-3-5-14(15)8-18-19-17/h3-6,8,12-13H,7,9-11H2,1-2H3. The number of piperidine rings is 1. The Morgan fingerprint density at radius 2 is 2.00 bits per heavy atom. The first-order valence-electron chi connectivity index (χ1n) is 7.74. The summed E-state index contributed by atoms with van der Waals surface area (Å²) in [5, 5.41) is 11.2. The lowest BCUT2D eigenvalue weighted by Gasteiger charge is -2.35. The molecule has 1 aliphatic heterocycles. The van der Waals surface area contributed by atoms with E-state index in [1.165, 1.54) is 18.2 Å². The molecule has 0 N–H and O–H groups in total. The average Bonchev–Trinajstić information content (AvgIpc) is 2.51. The molecule has 4 nitrogen and oxygen atoms in total. The fourth-order valence-electron chi connectivity index (χ4n) is 3.20. The number of rotatable bonds is 3. The van der Waals surface area contributed by atoms with E-state index in [1.807, 2.05) is 29.2 Å². The van der Waals surface area contributed by atoms with E-state index in [0.29, 0.717) is 17.6 Å². The summed E-state index contributed by atoms with van der Waals surface area (Å²) in [6.07, 6.45) is 2.97. The molecule has 2 atom stereocenters. The Balaban J connectivity index is 1.67. The monoisotopic (exact) mass is 315 g/mol. The highest BCUT2D eigenvalue weighted by molar-refractivity contribution is 8.00. The number of likely N-dealkylation sites (tertiary alicyclic amines) is 1. The molecule has 22 heavy (non-hydrogen) atoms. The van der Waals surface area contributed by atoms with Gasteiger partial charge < -0.3 is 4.90 Å². The number of amides is 1. The largest absolute Gasteiger partial charge is 0.341 e. The summed E-state index contributed by atoms with van der Waals surface area (Å²) in [5.41, 5.74) is 0. The maximum absolute atomic E-state index is 12.5. The average molecular weight is 315 g/mol. The van der Waals surface area contributed by atoms with E-state index in [1.54, 1.807) is 6.20 Å². The van der Waals surface area contributed by atoms with Crippen LogP contribution in [0.2, 0.25) is 0 Å². The minimum Gasteiger partial charge on any atom is -0.341 e. The second-order valence-electron chi connectivity index (χ2n) is 6.27. The zero-order chi connectivity index (χ0) is 15.5. The van der Waals surface area contributed by atoms with Gasteiger partial charge in [0.1, 0.15) is 5.03 Å². The molecule has 0 aliphatic carbocycles. The van der Waals surface area contributed by atoms with Crippen molar-refractivity contribution in [3.8, 4) is 0 Å². The Morgan fingerprint density at radius 1 is 1.27 bits per heavy atom. The SMILES string of the molecule is CC1CC(C)CN(C(=O)CSc2nncc3ccccc23)C1. The minimum atomic E-state index is 0.207. The van der Waals surface area contributed by atoms with Crippen LogP contribution in [-0.4, -0.2) is 39.8 Å². The van der Waals surface area contributed by atoms with E-state index in [0.717, 1.165) is 28.9 Å². The number of hydrogen-bond acceptors (Lipinski definition) is 4. The third-order valence-corrected chi connectivity index (χ3v) is 5.06. The van der Waals surface area contributed by atoms with E-state index < -0.39 is 0 Å². The van der Waals surface area contributed by atoms with Crippen LogP contribution < -0.4 is 0 Å². The van der Waals surface area contributed by atoms with Gasteiger partial charge in [-0.05, 0) is 18.3 Å². The molecule has 116 valence electrons. The first kappa shape index (κ1) is 15.3. The van der Waals surface area contributed by atoms with Gasteiger partial charge in [-0.1, -0.05) is 49.9 Å². The molecule has 0 spiro atoms. The van der Waals surface area contributed by atoms with Crippen molar-refractivity contribution in [2.45, 2.75) is 25.3 Å². The van der Waals surface area contributed by atoms with E-state index in [4.69, 9.17) is 0 Å². The smallest absolute Gasteiger partial charge is 0.233 e. The van der Waals surface area contributed by atoms with Gasteiger partial charge in [-0.3, -0.25) is 4.79 Å². The van der Waals surface area contributed by atoms with Gasteiger partial charge >= 0.3 is 0 Å². The van der Waals surface area contributed by atoms with E-state index >= 15 is 0 Å². The number of hydrogen-bond donors (Lipinski definition) is 0. The predicted octanol–water partition coefficient (Wildman–Crippen LogP) is 3.23. The zero-order valence-electron chi connectivity index (χ0n) is 13.0. The number of carbonyl (C=O) groups is 1. The van der Waals surface area contributed by atoms with Crippen molar-refractivity contribution in [3.63, 3.8) is 0 Å². The second kappa shape index (κ2) is 6.65. The normalized spacial score (nSPS) is 22.0. The fourth-order valence-corrected chi connectivity index (χ4v) is 4.09. The third kappa shape index (κ3) is 3.40. The molecular formula is C17H21N3OS. The van der Waals surface area contributed by atoms with Crippen LogP contribution in [0.15, 0.2) is 35.5 Å². The van der Waals surface area contributed by atoms with Gasteiger partial charge in [0.05, 0.1) is 11.9 Å².